The predicted octanol–water partition coefficient (Wildman–Crippen LogP) is 1.33. The van der Waals surface area contributed by atoms with Crippen LogP contribution in [0.1, 0.15) is 16.8 Å². The quantitative estimate of drug-likeness (QED) is 0.857. The first-order chi connectivity index (χ1) is 7.56. The average molecular weight is 286 g/mol. The summed E-state index contributed by atoms with van der Waals surface area (Å²) >= 11 is 3.43. The molecule has 4 N–H and O–H groups in total. The number of nitrogens with zero attached hydrogens (tertiary/aromatic N) is 1. The first-order valence-electron chi connectivity index (χ1n) is 5.07. The summed E-state index contributed by atoms with van der Waals surface area (Å²) in [4.78, 5) is 13.1. The van der Waals surface area contributed by atoms with Crippen LogP contribution < -0.4 is 16.4 Å². The number of hydrogen-bond acceptors (Lipinski definition) is 3. The average Bonchev–Trinajstić information content (AvgIpc) is 2.25. The van der Waals surface area contributed by atoms with E-state index < -0.39 is 5.91 Å². The molecule has 0 saturated carbocycles. The fraction of sp³-hybridized carbons (Fsp3) is 0.364. The molecule has 0 saturated heterocycles. The number of anilines is 1. The third-order valence-corrected chi connectivity index (χ3v) is 2.98. The monoisotopic (exact) mass is 285 g/mol. The minimum Gasteiger partial charge on any atom is -0.374 e. The van der Waals surface area contributed by atoms with Crippen molar-refractivity contribution in [3.05, 3.63) is 28.2 Å². The van der Waals surface area contributed by atoms with Gasteiger partial charge in [0.15, 0.2) is 0 Å². The molecule has 0 fully saturated rings. The Balaban J connectivity index is 2.85. The molecule has 1 aromatic rings. The zero-order chi connectivity index (χ0) is 12.1. The highest BCUT2D eigenvalue weighted by Crippen LogP contribution is 2.26. The van der Waals surface area contributed by atoms with Gasteiger partial charge in [0.1, 0.15) is 0 Å². The maximum absolute atomic E-state index is 11.0. The van der Waals surface area contributed by atoms with Crippen molar-refractivity contribution in [3.8, 4) is 0 Å². The molecule has 0 radical (unpaired) electrons. The first-order valence-corrected chi connectivity index (χ1v) is 5.86. The topological polar surface area (TPSA) is 72.3 Å². The largest absolute Gasteiger partial charge is 0.374 e. The highest BCUT2D eigenvalue weighted by molar-refractivity contribution is 9.10. The Bertz CT molecular complexity index is 381. The Morgan fingerprint density at radius 1 is 1.50 bits per heavy atom. The molecule has 1 rings (SSSR count). The Hall–Kier alpha value is -1.07. The van der Waals surface area contributed by atoms with Crippen molar-refractivity contribution >= 4 is 27.5 Å². The molecule has 0 aliphatic carbocycles. The van der Waals surface area contributed by atoms with Crippen molar-refractivity contribution in [3.63, 3.8) is 0 Å². The normalized spacial score (nSPS) is 10.2. The van der Waals surface area contributed by atoms with E-state index in [0.29, 0.717) is 12.1 Å². The first kappa shape index (κ1) is 13.0. The van der Waals surface area contributed by atoms with Gasteiger partial charge in [-0.25, -0.2) is 0 Å². The van der Waals surface area contributed by atoms with Gasteiger partial charge in [-0.3, -0.25) is 4.79 Å². The van der Waals surface area contributed by atoms with Crippen molar-refractivity contribution < 1.29 is 4.79 Å². The third-order valence-electron chi connectivity index (χ3n) is 2.34. The summed E-state index contributed by atoms with van der Waals surface area (Å²) in [5, 5.41) is 0. The van der Waals surface area contributed by atoms with Crippen molar-refractivity contribution in [2.75, 3.05) is 25.0 Å². The number of halogens is 1. The fourth-order valence-corrected chi connectivity index (χ4v) is 2.10. The van der Waals surface area contributed by atoms with Crippen LogP contribution in [0.4, 0.5) is 5.69 Å². The molecule has 0 aliphatic heterocycles. The molecule has 0 heterocycles. The molecule has 1 amide bonds. The molecule has 88 valence electrons. The van der Waals surface area contributed by atoms with Gasteiger partial charge in [0.2, 0.25) is 5.91 Å². The second-order valence-corrected chi connectivity index (χ2v) is 4.45. The van der Waals surface area contributed by atoms with Crippen molar-refractivity contribution in [1.29, 1.82) is 0 Å². The number of carbonyl (C=O) groups is 1. The van der Waals surface area contributed by atoms with Crippen LogP contribution in [0.25, 0.3) is 0 Å². The summed E-state index contributed by atoms with van der Waals surface area (Å²) < 4.78 is 0.864. The number of nitrogens with two attached hydrogens (primary N) is 2. The van der Waals surface area contributed by atoms with Crippen LogP contribution in [0.2, 0.25) is 0 Å². The lowest BCUT2D eigenvalue weighted by Crippen LogP contribution is -2.21. The second-order valence-electron chi connectivity index (χ2n) is 3.59. The van der Waals surface area contributed by atoms with Gasteiger partial charge < -0.3 is 16.4 Å². The second kappa shape index (κ2) is 5.86. The number of benzene rings is 1. The standard InChI is InChI=1S/C11H16BrN3O/c1-15(6-2-5-13)10-4-3-8(11(14)16)7-9(10)12/h3-4,7H,2,5-6,13H2,1H3,(H2,14,16). The van der Waals surface area contributed by atoms with Crippen molar-refractivity contribution in [2.24, 2.45) is 11.5 Å². The van der Waals surface area contributed by atoms with E-state index >= 15 is 0 Å². The van der Waals surface area contributed by atoms with E-state index in [2.05, 4.69) is 20.8 Å². The van der Waals surface area contributed by atoms with Gasteiger partial charge in [0.05, 0.1) is 5.69 Å². The minimum atomic E-state index is -0.420. The van der Waals surface area contributed by atoms with Gasteiger partial charge in [-0.05, 0) is 47.1 Å². The summed E-state index contributed by atoms with van der Waals surface area (Å²) in [6, 6.07) is 5.33. The molecule has 0 aromatic heterocycles. The maximum atomic E-state index is 11.0. The van der Waals surface area contributed by atoms with E-state index in [1.807, 2.05) is 13.1 Å². The van der Waals surface area contributed by atoms with E-state index in [0.717, 1.165) is 23.1 Å². The van der Waals surface area contributed by atoms with Crippen LogP contribution in [-0.2, 0) is 0 Å². The molecule has 16 heavy (non-hydrogen) atoms. The smallest absolute Gasteiger partial charge is 0.248 e. The molecule has 0 bridgehead atoms. The molecule has 4 nitrogen and oxygen atoms in total. The van der Waals surface area contributed by atoms with E-state index in [4.69, 9.17) is 11.5 Å². The van der Waals surface area contributed by atoms with Crippen LogP contribution in [0, 0.1) is 0 Å². The van der Waals surface area contributed by atoms with Crippen LogP contribution in [-0.4, -0.2) is 26.0 Å². The van der Waals surface area contributed by atoms with Crippen LogP contribution in [0.3, 0.4) is 0 Å². The van der Waals surface area contributed by atoms with Crippen molar-refractivity contribution in [2.45, 2.75) is 6.42 Å². The predicted molar refractivity (Wildman–Crippen MR) is 69.6 cm³/mol. The van der Waals surface area contributed by atoms with Gasteiger partial charge in [-0.15, -0.1) is 0 Å². The molecular weight excluding hydrogens is 270 g/mol. The third kappa shape index (κ3) is 3.21. The van der Waals surface area contributed by atoms with Gasteiger partial charge in [0.25, 0.3) is 0 Å². The molecule has 0 aliphatic rings. The summed E-state index contributed by atoms with van der Waals surface area (Å²) in [6.07, 6.45) is 0.931. The summed E-state index contributed by atoms with van der Waals surface area (Å²) in [6.45, 7) is 1.55. The molecule has 1 aromatic carbocycles. The number of carbonyl (C=O) groups excluding carboxylic acids is 1. The molecule has 0 unspecified atom stereocenters. The highest BCUT2D eigenvalue weighted by atomic mass is 79.9. The molecule has 0 atom stereocenters. The zero-order valence-corrected chi connectivity index (χ0v) is 10.8. The van der Waals surface area contributed by atoms with E-state index in [9.17, 15) is 4.79 Å². The van der Waals surface area contributed by atoms with Gasteiger partial charge in [-0.2, -0.15) is 0 Å². The molecule has 0 spiro atoms. The summed E-state index contributed by atoms with van der Waals surface area (Å²) in [7, 11) is 1.99. The van der Waals surface area contributed by atoms with E-state index in [1.165, 1.54) is 0 Å². The Labute approximate surface area is 104 Å². The van der Waals surface area contributed by atoms with Gasteiger partial charge in [-0.1, -0.05) is 0 Å². The van der Waals surface area contributed by atoms with Crippen molar-refractivity contribution in [1.82, 2.24) is 0 Å². The van der Waals surface area contributed by atoms with E-state index in [1.54, 1.807) is 12.1 Å². The summed E-state index contributed by atoms with van der Waals surface area (Å²) in [5.74, 6) is -0.420. The number of hydrogen-bond donors (Lipinski definition) is 2. The van der Waals surface area contributed by atoms with Crippen LogP contribution in [0.5, 0.6) is 0 Å². The van der Waals surface area contributed by atoms with Gasteiger partial charge >= 0.3 is 0 Å². The summed E-state index contributed by atoms with van der Waals surface area (Å²) in [5.41, 5.74) is 12.2. The van der Waals surface area contributed by atoms with Crippen LogP contribution >= 0.6 is 15.9 Å². The number of primary amides is 1. The lowest BCUT2D eigenvalue weighted by atomic mass is 10.2. The SMILES string of the molecule is CN(CCCN)c1ccc(C(N)=O)cc1Br. The Morgan fingerprint density at radius 2 is 2.19 bits per heavy atom. The Morgan fingerprint density at radius 3 is 2.69 bits per heavy atom. The minimum absolute atomic E-state index is 0.420. The molecule has 5 heteroatoms. The highest BCUT2D eigenvalue weighted by Gasteiger charge is 2.08. The lowest BCUT2D eigenvalue weighted by Gasteiger charge is -2.20. The van der Waals surface area contributed by atoms with E-state index in [-0.39, 0.29) is 0 Å². The fourth-order valence-electron chi connectivity index (χ4n) is 1.42. The zero-order valence-electron chi connectivity index (χ0n) is 9.24. The Kier molecular flexibility index (Phi) is 4.76. The van der Waals surface area contributed by atoms with Gasteiger partial charge in [0, 0.05) is 23.6 Å². The molecular formula is C11H16BrN3O. The number of amides is 1. The number of rotatable bonds is 5. The van der Waals surface area contributed by atoms with Crippen LogP contribution in [0.15, 0.2) is 22.7 Å². The maximum Gasteiger partial charge on any atom is 0.248 e. The lowest BCUT2D eigenvalue weighted by molar-refractivity contribution is 0.100.